The van der Waals surface area contributed by atoms with Crippen LogP contribution in [0.1, 0.15) is 22.8 Å². The van der Waals surface area contributed by atoms with Crippen molar-refractivity contribution in [3.05, 3.63) is 118 Å². The van der Waals surface area contributed by atoms with E-state index in [9.17, 15) is 14.9 Å². The third-order valence-electron chi connectivity index (χ3n) is 6.23. The molecule has 1 fully saturated rings. The van der Waals surface area contributed by atoms with Gasteiger partial charge < -0.3 is 14.5 Å². The Balaban J connectivity index is 1.25. The van der Waals surface area contributed by atoms with Crippen LogP contribution in [0.3, 0.4) is 0 Å². The van der Waals surface area contributed by atoms with Crippen molar-refractivity contribution in [2.75, 3.05) is 39.3 Å². The first-order valence-corrected chi connectivity index (χ1v) is 11.9. The lowest BCUT2D eigenvalue weighted by atomic mass is 10.0. The summed E-state index contributed by atoms with van der Waals surface area (Å²) in [6.45, 7) is 4.58. The predicted octanol–water partition coefficient (Wildman–Crippen LogP) is 3.14. The van der Waals surface area contributed by atoms with E-state index in [1.807, 2.05) is 41.3 Å². The number of amides is 1. The van der Waals surface area contributed by atoms with Crippen LogP contribution < -0.4 is 4.90 Å². The molecule has 0 saturated carbocycles. The summed E-state index contributed by atoms with van der Waals surface area (Å²) in [5.74, 6) is -0.0694. The monoisotopic (exact) mass is 472 g/mol. The van der Waals surface area contributed by atoms with Crippen LogP contribution in [-0.4, -0.2) is 55.1 Å². The van der Waals surface area contributed by atoms with Gasteiger partial charge in [0.2, 0.25) is 5.91 Å². The Labute approximate surface area is 205 Å². The summed E-state index contributed by atoms with van der Waals surface area (Å²) < 4.78 is 6.34. The molecule has 1 amide bonds. The van der Waals surface area contributed by atoms with E-state index in [0.29, 0.717) is 25.3 Å². The zero-order chi connectivity index (χ0) is 24.5. The Morgan fingerprint density at radius 1 is 0.971 bits per heavy atom. The quantitative estimate of drug-likeness (QED) is 0.295. The number of piperazine rings is 1. The summed E-state index contributed by atoms with van der Waals surface area (Å²) in [4.78, 5) is 26.3. The molecule has 4 rings (SSSR count). The maximum atomic E-state index is 12.6. The van der Waals surface area contributed by atoms with Crippen molar-refractivity contribution < 1.29 is 19.4 Å². The van der Waals surface area contributed by atoms with Gasteiger partial charge in [-0.3, -0.25) is 14.9 Å². The van der Waals surface area contributed by atoms with Crippen LogP contribution in [0.2, 0.25) is 0 Å². The SMILES string of the molecule is O=C(C=Cc1cccc([N+](=O)[O-])c1)N1CC[NH+](CCOC(c2ccccc2)c2ccccc2)CC1. The maximum Gasteiger partial charge on any atom is 0.270 e. The number of rotatable bonds is 9. The van der Waals surface area contributed by atoms with Gasteiger partial charge in [-0.2, -0.15) is 0 Å². The van der Waals surface area contributed by atoms with E-state index in [1.54, 1.807) is 18.2 Å². The second-order valence-corrected chi connectivity index (χ2v) is 8.58. The molecule has 0 bridgehead atoms. The highest BCUT2D eigenvalue weighted by Crippen LogP contribution is 2.25. The molecular formula is C28H30N3O4+. The molecule has 7 heteroatoms. The number of benzene rings is 3. The molecule has 3 aromatic carbocycles. The van der Waals surface area contributed by atoms with Crippen LogP contribution in [0.25, 0.3) is 6.08 Å². The van der Waals surface area contributed by atoms with Crippen molar-refractivity contribution in [1.29, 1.82) is 0 Å². The van der Waals surface area contributed by atoms with E-state index < -0.39 is 4.92 Å². The number of ether oxygens (including phenoxy) is 1. The van der Waals surface area contributed by atoms with Crippen LogP contribution in [0.15, 0.2) is 91.0 Å². The van der Waals surface area contributed by atoms with Crippen LogP contribution in [0.4, 0.5) is 5.69 Å². The summed E-state index contributed by atoms with van der Waals surface area (Å²) >= 11 is 0. The molecule has 1 N–H and O–H groups in total. The number of non-ortho nitro benzene ring substituents is 1. The smallest absolute Gasteiger partial charge is 0.270 e. The summed E-state index contributed by atoms with van der Waals surface area (Å²) in [5.41, 5.74) is 2.93. The molecular weight excluding hydrogens is 442 g/mol. The predicted molar refractivity (Wildman–Crippen MR) is 135 cm³/mol. The summed E-state index contributed by atoms with van der Waals surface area (Å²) in [6.07, 6.45) is 3.03. The average Bonchev–Trinajstić information content (AvgIpc) is 2.91. The summed E-state index contributed by atoms with van der Waals surface area (Å²) in [7, 11) is 0. The van der Waals surface area contributed by atoms with Gasteiger partial charge in [-0.15, -0.1) is 0 Å². The standard InChI is InChI=1S/C28H29N3O4/c32-27(15-14-23-8-7-13-26(22-23)31(33)34)30-18-16-29(17-19-30)20-21-35-28(24-9-3-1-4-10-24)25-11-5-2-6-12-25/h1-15,22,28H,16-21H2/p+1. The van der Waals surface area contributed by atoms with Gasteiger partial charge in [-0.1, -0.05) is 72.8 Å². The molecule has 0 spiro atoms. The lowest BCUT2D eigenvalue weighted by molar-refractivity contribution is -0.904. The van der Waals surface area contributed by atoms with E-state index >= 15 is 0 Å². The second-order valence-electron chi connectivity index (χ2n) is 8.58. The molecule has 3 aromatic rings. The molecule has 1 heterocycles. The zero-order valence-electron chi connectivity index (χ0n) is 19.6. The lowest BCUT2D eigenvalue weighted by Gasteiger charge is -2.32. The van der Waals surface area contributed by atoms with E-state index in [1.165, 1.54) is 23.1 Å². The minimum atomic E-state index is -0.438. The van der Waals surface area contributed by atoms with Gasteiger partial charge in [-0.25, -0.2) is 0 Å². The third kappa shape index (κ3) is 6.85. The second kappa shape index (κ2) is 12.1. The summed E-state index contributed by atoms with van der Waals surface area (Å²) in [6, 6.07) is 26.8. The zero-order valence-corrected chi connectivity index (χ0v) is 19.6. The van der Waals surface area contributed by atoms with Gasteiger partial charge >= 0.3 is 0 Å². The van der Waals surface area contributed by atoms with E-state index in [2.05, 4.69) is 24.3 Å². The average molecular weight is 473 g/mol. The molecule has 1 saturated heterocycles. The number of quaternary nitrogens is 1. The number of carbonyl (C=O) groups is 1. The molecule has 180 valence electrons. The number of hydrogen-bond donors (Lipinski definition) is 1. The first kappa shape index (κ1) is 24.3. The third-order valence-corrected chi connectivity index (χ3v) is 6.23. The normalized spacial score (nSPS) is 14.5. The topological polar surface area (TPSA) is 77.1 Å². The van der Waals surface area contributed by atoms with Crippen molar-refractivity contribution in [2.45, 2.75) is 6.10 Å². The lowest BCUT2D eigenvalue weighted by Crippen LogP contribution is -3.15. The first-order valence-electron chi connectivity index (χ1n) is 11.9. The van der Waals surface area contributed by atoms with E-state index in [4.69, 9.17) is 4.74 Å². The number of nitro groups is 1. The molecule has 1 aliphatic rings. The highest BCUT2D eigenvalue weighted by molar-refractivity contribution is 5.91. The maximum absolute atomic E-state index is 12.6. The van der Waals surface area contributed by atoms with Gasteiger partial charge in [0.15, 0.2) is 0 Å². The molecule has 0 unspecified atom stereocenters. The minimum absolute atomic E-state index is 0.0146. The summed E-state index contributed by atoms with van der Waals surface area (Å²) in [5, 5.41) is 10.9. The molecule has 0 radical (unpaired) electrons. The van der Waals surface area contributed by atoms with Gasteiger partial charge in [0.25, 0.3) is 5.69 Å². The van der Waals surface area contributed by atoms with Crippen LogP contribution in [0.5, 0.6) is 0 Å². The first-order chi connectivity index (χ1) is 17.1. The van der Waals surface area contributed by atoms with Crippen molar-refractivity contribution in [3.8, 4) is 0 Å². The fourth-order valence-electron chi connectivity index (χ4n) is 4.27. The van der Waals surface area contributed by atoms with Crippen LogP contribution in [-0.2, 0) is 9.53 Å². The van der Waals surface area contributed by atoms with Crippen molar-refractivity contribution >= 4 is 17.7 Å². The van der Waals surface area contributed by atoms with Crippen molar-refractivity contribution in [1.82, 2.24) is 4.90 Å². The number of hydrogen-bond acceptors (Lipinski definition) is 4. The fraction of sp³-hybridized carbons (Fsp3) is 0.250. The van der Waals surface area contributed by atoms with E-state index in [0.717, 1.165) is 30.8 Å². The molecule has 1 aliphatic heterocycles. The van der Waals surface area contributed by atoms with Crippen molar-refractivity contribution in [2.24, 2.45) is 0 Å². The van der Waals surface area contributed by atoms with Gasteiger partial charge in [0.05, 0.1) is 37.7 Å². The number of carbonyl (C=O) groups excluding carboxylic acids is 1. The Bertz CT molecular complexity index is 1100. The van der Waals surface area contributed by atoms with Gasteiger partial charge in [-0.05, 0) is 22.8 Å². The minimum Gasteiger partial charge on any atom is -0.363 e. The Morgan fingerprint density at radius 2 is 1.60 bits per heavy atom. The van der Waals surface area contributed by atoms with E-state index in [-0.39, 0.29) is 17.7 Å². The highest BCUT2D eigenvalue weighted by atomic mass is 16.6. The molecule has 7 nitrogen and oxygen atoms in total. The van der Waals surface area contributed by atoms with Crippen LogP contribution in [0, 0.1) is 10.1 Å². The molecule has 0 atom stereocenters. The van der Waals surface area contributed by atoms with Crippen LogP contribution >= 0.6 is 0 Å². The molecule has 0 aromatic heterocycles. The number of nitro benzene ring substituents is 1. The van der Waals surface area contributed by atoms with Gasteiger partial charge in [0.1, 0.15) is 12.6 Å². The Hall–Kier alpha value is -3.81. The molecule has 35 heavy (non-hydrogen) atoms. The number of nitrogens with zero attached hydrogens (tertiary/aromatic N) is 2. The molecule has 0 aliphatic carbocycles. The van der Waals surface area contributed by atoms with Crippen molar-refractivity contribution in [3.63, 3.8) is 0 Å². The fourth-order valence-corrected chi connectivity index (χ4v) is 4.27. The number of nitrogens with one attached hydrogen (secondary N) is 1. The van der Waals surface area contributed by atoms with Gasteiger partial charge in [0, 0.05) is 18.2 Å². The highest BCUT2D eigenvalue weighted by Gasteiger charge is 2.23. The largest absolute Gasteiger partial charge is 0.363 e. The Kier molecular flexibility index (Phi) is 8.38. The Morgan fingerprint density at radius 3 is 2.20 bits per heavy atom.